The van der Waals surface area contributed by atoms with Gasteiger partial charge in [-0.3, -0.25) is 14.6 Å². The Morgan fingerprint density at radius 1 is 1.07 bits per heavy atom. The van der Waals surface area contributed by atoms with Gasteiger partial charge in [-0.15, -0.1) is 0 Å². The van der Waals surface area contributed by atoms with Crippen molar-refractivity contribution in [2.75, 3.05) is 6.54 Å². The molecule has 0 fully saturated rings. The van der Waals surface area contributed by atoms with Crippen molar-refractivity contribution in [3.05, 3.63) is 60.2 Å². The fourth-order valence-electron chi connectivity index (χ4n) is 3.44. The SMILES string of the molecule is O=S(=O)(NCCn1nc(-c2ccccn2)c2c1CCCC2)c1cccnc1. The lowest BCUT2D eigenvalue weighted by Crippen LogP contribution is -2.28. The molecule has 27 heavy (non-hydrogen) atoms. The summed E-state index contributed by atoms with van der Waals surface area (Å²) < 4.78 is 29.3. The maximum absolute atomic E-state index is 12.3. The van der Waals surface area contributed by atoms with E-state index < -0.39 is 10.0 Å². The number of fused-ring (bicyclic) bond motifs is 1. The summed E-state index contributed by atoms with van der Waals surface area (Å²) in [4.78, 5) is 8.47. The van der Waals surface area contributed by atoms with Crippen LogP contribution in [0.5, 0.6) is 0 Å². The Morgan fingerprint density at radius 3 is 2.74 bits per heavy atom. The Kier molecular flexibility index (Phi) is 5.00. The van der Waals surface area contributed by atoms with Gasteiger partial charge in [-0.1, -0.05) is 6.07 Å². The Labute approximate surface area is 158 Å². The van der Waals surface area contributed by atoms with Crippen LogP contribution in [0.1, 0.15) is 24.1 Å². The molecule has 1 N–H and O–H groups in total. The van der Waals surface area contributed by atoms with E-state index in [4.69, 9.17) is 5.10 Å². The Morgan fingerprint density at radius 2 is 1.96 bits per heavy atom. The van der Waals surface area contributed by atoms with Gasteiger partial charge in [-0.25, -0.2) is 13.1 Å². The van der Waals surface area contributed by atoms with Crippen LogP contribution in [-0.4, -0.2) is 34.7 Å². The lowest BCUT2D eigenvalue weighted by molar-refractivity contribution is 0.538. The Hall–Kier alpha value is -2.58. The molecule has 3 heterocycles. The number of sulfonamides is 1. The summed E-state index contributed by atoms with van der Waals surface area (Å²) in [6.45, 7) is 0.752. The zero-order valence-corrected chi connectivity index (χ0v) is 15.7. The topological polar surface area (TPSA) is 89.8 Å². The minimum Gasteiger partial charge on any atom is -0.267 e. The highest BCUT2D eigenvalue weighted by Crippen LogP contribution is 2.30. The number of nitrogens with zero attached hydrogens (tertiary/aromatic N) is 4. The molecule has 0 radical (unpaired) electrons. The molecule has 0 amide bonds. The highest BCUT2D eigenvalue weighted by atomic mass is 32.2. The summed E-state index contributed by atoms with van der Waals surface area (Å²) in [6, 6.07) is 8.95. The van der Waals surface area contributed by atoms with E-state index in [0.717, 1.165) is 37.1 Å². The molecule has 0 unspecified atom stereocenters. The molecule has 0 saturated carbocycles. The zero-order chi connectivity index (χ0) is 18.7. The van der Waals surface area contributed by atoms with Gasteiger partial charge in [0.1, 0.15) is 10.6 Å². The zero-order valence-electron chi connectivity index (χ0n) is 14.9. The van der Waals surface area contributed by atoms with Crippen molar-refractivity contribution in [1.82, 2.24) is 24.5 Å². The number of hydrogen-bond donors (Lipinski definition) is 1. The summed E-state index contributed by atoms with van der Waals surface area (Å²) in [5.41, 5.74) is 4.23. The molecule has 8 heteroatoms. The van der Waals surface area contributed by atoms with Crippen LogP contribution in [0.25, 0.3) is 11.4 Å². The molecule has 0 saturated heterocycles. The van der Waals surface area contributed by atoms with Crippen LogP contribution in [0.4, 0.5) is 0 Å². The van der Waals surface area contributed by atoms with Gasteiger partial charge in [0.15, 0.2) is 0 Å². The summed E-state index contributed by atoms with van der Waals surface area (Å²) in [5.74, 6) is 0. The molecule has 140 valence electrons. The third-order valence-electron chi connectivity index (χ3n) is 4.72. The monoisotopic (exact) mass is 383 g/mol. The molecule has 7 nitrogen and oxygen atoms in total. The lowest BCUT2D eigenvalue weighted by Gasteiger charge is -2.14. The highest BCUT2D eigenvalue weighted by Gasteiger charge is 2.22. The minimum atomic E-state index is -3.56. The second-order valence-electron chi connectivity index (χ2n) is 6.51. The van der Waals surface area contributed by atoms with E-state index >= 15 is 0 Å². The molecule has 1 aliphatic rings. The van der Waals surface area contributed by atoms with Gasteiger partial charge in [0.2, 0.25) is 10.0 Å². The normalized spacial score (nSPS) is 14.1. The van der Waals surface area contributed by atoms with Crippen LogP contribution >= 0.6 is 0 Å². The molecule has 3 aromatic rings. The first-order valence-electron chi connectivity index (χ1n) is 9.05. The third-order valence-corrected chi connectivity index (χ3v) is 6.17. The van der Waals surface area contributed by atoms with Crippen molar-refractivity contribution in [3.63, 3.8) is 0 Å². The quantitative estimate of drug-likeness (QED) is 0.705. The molecule has 0 aromatic carbocycles. The van der Waals surface area contributed by atoms with E-state index in [2.05, 4.69) is 14.7 Å². The molecule has 1 aliphatic carbocycles. The second kappa shape index (κ2) is 7.58. The standard InChI is InChI=1S/C19H21N5O2S/c25-27(26,15-6-5-10-20-14-15)22-12-13-24-18-9-2-1-7-16(18)19(23-24)17-8-3-4-11-21-17/h3-6,8,10-11,14,22H,1-2,7,9,12-13H2. The van der Waals surface area contributed by atoms with Gasteiger partial charge < -0.3 is 0 Å². The van der Waals surface area contributed by atoms with Gasteiger partial charge in [-0.05, 0) is 49.9 Å². The fraction of sp³-hybridized carbons (Fsp3) is 0.316. The molecular weight excluding hydrogens is 362 g/mol. The van der Waals surface area contributed by atoms with E-state index in [1.807, 2.05) is 22.9 Å². The van der Waals surface area contributed by atoms with E-state index in [1.54, 1.807) is 18.5 Å². The van der Waals surface area contributed by atoms with Crippen LogP contribution < -0.4 is 4.72 Å². The maximum Gasteiger partial charge on any atom is 0.242 e. The van der Waals surface area contributed by atoms with Crippen molar-refractivity contribution in [2.24, 2.45) is 0 Å². The maximum atomic E-state index is 12.3. The number of rotatable bonds is 6. The molecule has 0 atom stereocenters. The van der Waals surface area contributed by atoms with Crippen molar-refractivity contribution < 1.29 is 8.42 Å². The number of nitrogens with one attached hydrogen (secondary N) is 1. The number of pyridine rings is 2. The van der Waals surface area contributed by atoms with Crippen molar-refractivity contribution >= 4 is 10.0 Å². The predicted molar refractivity (Wildman–Crippen MR) is 102 cm³/mol. The van der Waals surface area contributed by atoms with E-state index in [-0.39, 0.29) is 11.4 Å². The summed E-state index contributed by atoms with van der Waals surface area (Å²) in [5, 5.41) is 4.76. The van der Waals surface area contributed by atoms with E-state index in [1.165, 1.54) is 23.5 Å². The largest absolute Gasteiger partial charge is 0.267 e. The van der Waals surface area contributed by atoms with Crippen molar-refractivity contribution in [2.45, 2.75) is 37.1 Å². The summed E-state index contributed by atoms with van der Waals surface area (Å²) in [7, 11) is -3.56. The highest BCUT2D eigenvalue weighted by molar-refractivity contribution is 7.89. The van der Waals surface area contributed by atoms with Crippen LogP contribution in [0, 0.1) is 0 Å². The molecule has 0 spiro atoms. The predicted octanol–water partition coefficient (Wildman–Crippen LogP) is 2.20. The minimum absolute atomic E-state index is 0.168. The van der Waals surface area contributed by atoms with E-state index in [9.17, 15) is 8.42 Å². The molecular formula is C19H21N5O2S. The van der Waals surface area contributed by atoms with Crippen LogP contribution in [0.3, 0.4) is 0 Å². The van der Waals surface area contributed by atoms with Crippen LogP contribution in [0.15, 0.2) is 53.8 Å². The van der Waals surface area contributed by atoms with Crippen molar-refractivity contribution in [1.29, 1.82) is 0 Å². The first-order chi connectivity index (χ1) is 13.1. The summed E-state index contributed by atoms with van der Waals surface area (Å²) >= 11 is 0. The first-order valence-corrected chi connectivity index (χ1v) is 10.5. The van der Waals surface area contributed by atoms with Gasteiger partial charge in [0, 0.05) is 36.4 Å². The van der Waals surface area contributed by atoms with E-state index in [0.29, 0.717) is 6.54 Å². The Balaban J connectivity index is 1.54. The van der Waals surface area contributed by atoms with Gasteiger partial charge in [-0.2, -0.15) is 5.10 Å². The van der Waals surface area contributed by atoms with Gasteiger partial charge >= 0.3 is 0 Å². The smallest absolute Gasteiger partial charge is 0.242 e. The second-order valence-corrected chi connectivity index (χ2v) is 8.27. The molecule has 3 aromatic heterocycles. The molecule has 4 rings (SSSR count). The number of hydrogen-bond acceptors (Lipinski definition) is 5. The number of aromatic nitrogens is 4. The fourth-order valence-corrected chi connectivity index (χ4v) is 4.42. The molecule has 0 aliphatic heterocycles. The summed E-state index contributed by atoms with van der Waals surface area (Å²) in [6.07, 6.45) is 8.89. The third kappa shape index (κ3) is 3.77. The lowest BCUT2D eigenvalue weighted by atomic mass is 9.95. The van der Waals surface area contributed by atoms with Crippen LogP contribution in [0.2, 0.25) is 0 Å². The Bertz CT molecular complexity index is 1020. The first kappa shape index (κ1) is 17.8. The van der Waals surface area contributed by atoms with Crippen molar-refractivity contribution in [3.8, 4) is 11.4 Å². The molecule has 0 bridgehead atoms. The van der Waals surface area contributed by atoms with Gasteiger partial charge in [0.25, 0.3) is 0 Å². The average molecular weight is 383 g/mol. The average Bonchev–Trinajstić information content (AvgIpc) is 3.08. The van der Waals surface area contributed by atoms with Gasteiger partial charge in [0.05, 0.1) is 12.2 Å². The van der Waals surface area contributed by atoms with Crippen LogP contribution in [-0.2, 0) is 29.4 Å².